The predicted octanol–water partition coefficient (Wildman–Crippen LogP) is 4.91. The van der Waals surface area contributed by atoms with E-state index in [4.69, 9.17) is 4.74 Å². The van der Waals surface area contributed by atoms with Crippen LogP contribution in [0.1, 0.15) is 41.0 Å². The van der Waals surface area contributed by atoms with E-state index in [0.717, 1.165) is 9.99 Å². The van der Waals surface area contributed by atoms with Crippen molar-refractivity contribution >= 4 is 28.6 Å². The second-order valence-electron chi connectivity index (χ2n) is 5.99. The summed E-state index contributed by atoms with van der Waals surface area (Å²) in [7, 11) is 0. The first kappa shape index (κ1) is 16.5. The average molecular weight is 374 g/mol. The summed E-state index contributed by atoms with van der Waals surface area (Å²) in [6.45, 7) is 10.5. The third-order valence-electron chi connectivity index (χ3n) is 3.61. The maximum Gasteiger partial charge on any atom is 0.317 e. The van der Waals surface area contributed by atoms with Crippen molar-refractivity contribution in [2.75, 3.05) is 0 Å². The Morgan fingerprint density at radius 2 is 1.84 bits per heavy atom. The molecule has 106 valence electrons. The number of rotatable bonds is 5. The highest BCUT2D eigenvalue weighted by molar-refractivity contribution is 14.1. The Labute approximate surface area is 130 Å². The number of para-hydroxylation sites is 1. The minimum atomic E-state index is -0.437. The minimum Gasteiger partial charge on any atom is -0.425 e. The van der Waals surface area contributed by atoms with Gasteiger partial charge in [-0.2, -0.15) is 0 Å². The van der Waals surface area contributed by atoms with Gasteiger partial charge >= 0.3 is 5.97 Å². The lowest BCUT2D eigenvalue weighted by Crippen LogP contribution is -2.38. The Morgan fingerprint density at radius 3 is 2.32 bits per heavy atom. The van der Waals surface area contributed by atoms with E-state index in [1.165, 1.54) is 0 Å². The van der Waals surface area contributed by atoms with Crippen molar-refractivity contribution in [1.82, 2.24) is 0 Å². The molecule has 19 heavy (non-hydrogen) atoms. The fraction of sp³-hybridized carbons (Fsp3) is 0.562. The Morgan fingerprint density at radius 1 is 1.26 bits per heavy atom. The molecule has 0 N–H and O–H groups in total. The van der Waals surface area contributed by atoms with Gasteiger partial charge in [0.2, 0.25) is 0 Å². The molecule has 0 amide bonds. The monoisotopic (exact) mass is 374 g/mol. The van der Waals surface area contributed by atoms with Gasteiger partial charge in [-0.05, 0) is 59.9 Å². The van der Waals surface area contributed by atoms with Crippen LogP contribution in [0.3, 0.4) is 0 Å². The number of ether oxygens (including phenoxy) is 1. The Balaban J connectivity index is 2.93. The maximum atomic E-state index is 12.5. The van der Waals surface area contributed by atoms with Crippen LogP contribution in [0.25, 0.3) is 0 Å². The van der Waals surface area contributed by atoms with Crippen molar-refractivity contribution in [3.8, 4) is 5.75 Å². The predicted molar refractivity (Wildman–Crippen MR) is 87.2 cm³/mol. The van der Waals surface area contributed by atoms with E-state index in [-0.39, 0.29) is 11.9 Å². The van der Waals surface area contributed by atoms with Crippen molar-refractivity contribution in [1.29, 1.82) is 0 Å². The number of benzene rings is 1. The molecular formula is C16H23IO2. The molecule has 0 saturated carbocycles. The van der Waals surface area contributed by atoms with Crippen LogP contribution in [0, 0.1) is 20.8 Å². The van der Waals surface area contributed by atoms with Gasteiger partial charge in [0, 0.05) is 0 Å². The number of carbonyl (C=O) groups is 1. The van der Waals surface area contributed by atoms with Crippen LogP contribution in [0.4, 0.5) is 0 Å². The van der Waals surface area contributed by atoms with Gasteiger partial charge in [-0.25, -0.2) is 0 Å². The number of carbonyl (C=O) groups excluding carboxylic acids is 1. The fourth-order valence-corrected chi connectivity index (χ4v) is 2.64. The molecule has 0 spiro atoms. The summed E-state index contributed by atoms with van der Waals surface area (Å²) >= 11 is 2.19. The van der Waals surface area contributed by atoms with Crippen LogP contribution in [-0.2, 0) is 4.79 Å². The highest BCUT2D eigenvalue weighted by Gasteiger charge is 2.39. The van der Waals surface area contributed by atoms with Gasteiger partial charge in [-0.15, -0.1) is 0 Å². The molecule has 0 aliphatic heterocycles. The van der Waals surface area contributed by atoms with Crippen LogP contribution >= 0.6 is 22.6 Å². The number of hydrogen-bond acceptors (Lipinski definition) is 2. The lowest BCUT2D eigenvalue weighted by molar-refractivity contribution is -0.148. The maximum absolute atomic E-state index is 12.5. The van der Waals surface area contributed by atoms with E-state index in [0.29, 0.717) is 11.7 Å². The summed E-state index contributed by atoms with van der Waals surface area (Å²) in [6.07, 6.45) is 0.840. The molecule has 0 bridgehead atoms. The molecule has 0 fully saturated rings. The molecule has 0 heterocycles. The number of hydrogen-bond donors (Lipinski definition) is 0. The van der Waals surface area contributed by atoms with E-state index in [9.17, 15) is 4.79 Å². The third kappa shape index (κ3) is 4.20. The molecule has 3 heteroatoms. The van der Waals surface area contributed by atoms with Crippen LogP contribution in [0.5, 0.6) is 5.75 Å². The molecule has 2 nitrogen and oxygen atoms in total. The van der Waals surface area contributed by atoms with Gasteiger partial charge < -0.3 is 4.74 Å². The van der Waals surface area contributed by atoms with Crippen LogP contribution in [0.2, 0.25) is 0 Å². The second kappa shape index (κ2) is 6.73. The molecule has 1 aromatic carbocycles. The molecule has 0 aromatic heterocycles. The lowest BCUT2D eigenvalue weighted by Gasteiger charge is -2.32. The first-order chi connectivity index (χ1) is 8.77. The number of halogens is 1. The van der Waals surface area contributed by atoms with Crippen LogP contribution < -0.4 is 4.74 Å². The second-order valence-corrected chi connectivity index (χ2v) is 7.15. The zero-order chi connectivity index (χ0) is 14.6. The van der Waals surface area contributed by atoms with Crippen molar-refractivity contribution in [2.45, 2.75) is 41.0 Å². The van der Waals surface area contributed by atoms with Crippen molar-refractivity contribution in [3.05, 3.63) is 27.8 Å². The summed E-state index contributed by atoms with van der Waals surface area (Å²) in [6, 6.07) is 7.61. The Bertz CT molecular complexity index is 440. The van der Waals surface area contributed by atoms with Gasteiger partial charge in [0.05, 0.1) is 8.99 Å². The summed E-state index contributed by atoms with van der Waals surface area (Å²) in [5.74, 6) is 1.25. The van der Waals surface area contributed by atoms with Gasteiger partial charge in [0.15, 0.2) is 0 Å². The van der Waals surface area contributed by atoms with Gasteiger partial charge in [0.25, 0.3) is 0 Å². The van der Waals surface area contributed by atoms with Gasteiger partial charge in [-0.1, -0.05) is 39.8 Å². The zero-order valence-electron chi connectivity index (χ0n) is 12.4. The van der Waals surface area contributed by atoms with E-state index in [1.54, 1.807) is 0 Å². The Kier molecular flexibility index (Phi) is 5.83. The SMILES string of the molecule is CC(C)CC(C)(C(=O)Oc1ccccc1I)C(C)C. The molecular weight excluding hydrogens is 351 g/mol. The number of esters is 1. The average Bonchev–Trinajstić information content (AvgIpc) is 2.30. The third-order valence-corrected chi connectivity index (χ3v) is 4.50. The Hall–Kier alpha value is -0.580. The van der Waals surface area contributed by atoms with Crippen molar-refractivity contribution < 1.29 is 9.53 Å². The molecule has 1 aromatic rings. The highest BCUT2D eigenvalue weighted by atomic mass is 127. The molecule has 1 atom stereocenters. The summed E-state index contributed by atoms with van der Waals surface area (Å²) in [4.78, 5) is 12.5. The van der Waals surface area contributed by atoms with Crippen LogP contribution in [-0.4, -0.2) is 5.97 Å². The molecule has 1 unspecified atom stereocenters. The molecule has 1 rings (SSSR count). The van der Waals surface area contributed by atoms with Crippen molar-refractivity contribution in [3.63, 3.8) is 0 Å². The summed E-state index contributed by atoms with van der Waals surface area (Å²) < 4.78 is 6.59. The van der Waals surface area contributed by atoms with E-state index in [1.807, 2.05) is 31.2 Å². The van der Waals surface area contributed by atoms with E-state index in [2.05, 4.69) is 50.3 Å². The molecule has 0 aliphatic rings. The van der Waals surface area contributed by atoms with Gasteiger partial charge in [0.1, 0.15) is 5.75 Å². The largest absolute Gasteiger partial charge is 0.425 e. The summed E-state index contributed by atoms with van der Waals surface area (Å²) in [5.41, 5.74) is -0.437. The van der Waals surface area contributed by atoms with E-state index < -0.39 is 5.41 Å². The first-order valence-corrected chi connectivity index (χ1v) is 7.82. The zero-order valence-corrected chi connectivity index (χ0v) is 14.5. The van der Waals surface area contributed by atoms with Crippen molar-refractivity contribution in [2.24, 2.45) is 17.3 Å². The highest BCUT2D eigenvalue weighted by Crippen LogP contribution is 2.36. The molecule has 0 saturated heterocycles. The fourth-order valence-electron chi connectivity index (χ4n) is 2.15. The first-order valence-electron chi connectivity index (χ1n) is 6.74. The smallest absolute Gasteiger partial charge is 0.317 e. The standard InChI is InChI=1S/C16H23IO2/c1-11(2)10-16(5,12(3)4)15(18)19-14-9-7-6-8-13(14)17/h6-9,11-12H,10H2,1-5H3. The molecule has 0 aliphatic carbocycles. The van der Waals surface area contributed by atoms with E-state index >= 15 is 0 Å². The molecule has 0 radical (unpaired) electrons. The van der Waals surface area contributed by atoms with Gasteiger partial charge in [-0.3, -0.25) is 4.79 Å². The summed E-state index contributed by atoms with van der Waals surface area (Å²) in [5, 5.41) is 0. The normalized spacial score (nSPS) is 14.5. The minimum absolute atomic E-state index is 0.125. The lowest BCUT2D eigenvalue weighted by atomic mass is 9.73. The quantitative estimate of drug-likeness (QED) is 0.416. The topological polar surface area (TPSA) is 26.3 Å². The van der Waals surface area contributed by atoms with Crippen LogP contribution in [0.15, 0.2) is 24.3 Å².